The smallest absolute Gasteiger partial charge is 0.435 e. The molecular formula is C17H18N4O2. The lowest BCUT2D eigenvalue weighted by atomic mass is 10.1. The maximum atomic E-state index is 12.0. The minimum atomic E-state index is -0.559. The third-order valence-electron chi connectivity index (χ3n) is 3.24. The van der Waals surface area contributed by atoms with Crippen LogP contribution in [0.25, 0.3) is 21.9 Å². The van der Waals surface area contributed by atoms with E-state index >= 15 is 0 Å². The Bertz CT molecular complexity index is 878. The molecule has 118 valence electrons. The van der Waals surface area contributed by atoms with Crippen LogP contribution in [-0.4, -0.2) is 26.5 Å². The maximum Gasteiger partial charge on any atom is 0.435 e. The van der Waals surface area contributed by atoms with Crippen LogP contribution in [0.2, 0.25) is 0 Å². The average Bonchev–Trinajstić information content (AvgIpc) is 2.94. The largest absolute Gasteiger partial charge is 0.442 e. The lowest BCUT2D eigenvalue weighted by molar-refractivity contribution is 0.0514. The van der Waals surface area contributed by atoms with Crippen molar-refractivity contribution >= 4 is 22.7 Å². The molecule has 0 radical (unpaired) electrons. The summed E-state index contributed by atoms with van der Waals surface area (Å²) in [4.78, 5) is 16.1. The van der Waals surface area contributed by atoms with Crippen molar-refractivity contribution in [3.63, 3.8) is 0 Å². The van der Waals surface area contributed by atoms with Gasteiger partial charge in [-0.2, -0.15) is 9.78 Å². The summed E-state index contributed by atoms with van der Waals surface area (Å²) in [5.41, 5.74) is 6.94. The Balaban J connectivity index is 1.92. The Hall–Kier alpha value is -2.89. The number of nitrogen functional groups attached to an aromatic ring is 1. The van der Waals surface area contributed by atoms with Gasteiger partial charge in [0.1, 0.15) is 11.4 Å². The van der Waals surface area contributed by atoms with Gasteiger partial charge >= 0.3 is 6.09 Å². The molecule has 2 heterocycles. The van der Waals surface area contributed by atoms with Crippen molar-refractivity contribution in [2.75, 3.05) is 5.73 Å². The highest BCUT2D eigenvalue weighted by Crippen LogP contribution is 2.24. The van der Waals surface area contributed by atoms with Crippen LogP contribution >= 0.6 is 0 Å². The molecule has 23 heavy (non-hydrogen) atoms. The van der Waals surface area contributed by atoms with Gasteiger partial charge in [0.15, 0.2) is 0 Å². The van der Waals surface area contributed by atoms with Crippen molar-refractivity contribution in [2.45, 2.75) is 26.4 Å². The number of benzene rings is 1. The van der Waals surface area contributed by atoms with Crippen LogP contribution in [0, 0.1) is 0 Å². The quantitative estimate of drug-likeness (QED) is 0.744. The van der Waals surface area contributed by atoms with Crippen LogP contribution in [0.3, 0.4) is 0 Å². The molecule has 0 spiro atoms. The van der Waals surface area contributed by atoms with E-state index in [1.807, 2.05) is 45.0 Å². The highest BCUT2D eigenvalue weighted by atomic mass is 16.6. The lowest BCUT2D eigenvalue weighted by Crippen LogP contribution is -2.27. The third-order valence-corrected chi connectivity index (χ3v) is 3.24. The van der Waals surface area contributed by atoms with Gasteiger partial charge in [0, 0.05) is 23.3 Å². The molecule has 3 aromatic rings. The van der Waals surface area contributed by atoms with Gasteiger partial charge in [-0.05, 0) is 43.9 Å². The molecular weight excluding hydrogens is 292 g/mol. The van der Waals surface area contributed by atoms with Crippen LogP contribution in [0.1, 0.15) is 20.8 Å². The van der Waals surface area contributed by atoms with E-state index in [-0.39, 0.29) is 0 Å². The van der Waals surface area contributed by atoms with Crippen LogP contribution in [0.5, 0.6) is 0 Å². The first-order chi connectivity index (χ1) is 10.8. The molecule has 0 aliphatic rings. The highest BCUT2D eigenvalue weighted by Gasteiger charge is 2.18. The fraction of sp³-hybridized carbons (Fsp3) is 0.235. The van der Waals surface area contributed by atoms with Crippen LogP contribution in [-0.2, 0) is 4.74 Å². The summed E-state index contributed by atoms with van der Waals surface area (Å²) in [6.45, 7) is 5.45. The summed E-state index contributed by atoms with van der Waals surface area (Å²) < 4.78 is 6.50. The van der Waals surface area contributed by atoms with Gasteiger partial charge in [-0.3, -0.25) is 0 Å². The number of rotatable bonds is 1. The van der Waals surface area contributed by atoms with Gasteiger partial charge in [-0.1, -0.05) is 12.1 Å². The van der Waals surface area contributed by atoms with Crippen molar-refractivity contribution < 1.29 is 9.53 Å². The number of carbonyl (C=O) groups excluding carboxylic acids is 1. The Labute approximate surface area is 133 Å². The molecule has 6 nitrogen and oxygen atoms in total. The second-order valence-electron chi connectivity index (χ2n) is 6.33. The van der Waals surface area contributed by atoms with Gasteiger partial charge in [0.25, 0.3) is 0 Å². The van der Waals surface area contributed by atoms with Crippen molar-refractivity contribution in [3.8, 4) is 11.1 Å². The number of nitrogens with two attached hydrogens (primary N) is 1. The number of ether oxygens (including phenoxy) is 1. The van der Waals surface area contributed by atoms with Crippen LogP contribution in [0.15, 0.2) is 42.9 Å². The molecule has 1 aromatic carbocycles. The Kier molecular flexibility index (Phi) is 3.52. The van der Waals surface area contributed by atoms with Crippen molar-refractivity contribution in [2.24, 2.45) is 0 Å². The van der Waals surface area contributed by atoms with Gasteiger partial charge in [-0.15, -0.1) is 0 Å². The summed E-state index contributed by atoms with van der Waals surface area (Å²) in [6.07, 6.45) is 4.52. The molecule has 0 unspecified atom stereocenters. The van der Waals surface area contributed by atoms with Gasteiger partial charge in [0.05, 0.1) is 6.20 Å². The molecule has 0 aliphatic heterocycles. The Morgan fingerprint density at radius 3 is 2.65 bits per heavy atom. The fourth-order valence-electron chi connectivity index (χ4n) is 2.22. The molecule has 0 fully saturated rings. The number of carbonyl (C=O) groups is 1. The normalized spacial score (nSPS) is 11.6. The average molecular weight is 310 g/mol. The van der Waals surface area contributed by atoms with Gasteiger partial charge < -0.3 is 10.5 Å². The van der Waals surface area contributed by atoms with E-state index < -0.39 is 11.7 Å². The molecule has 6 heteroatoms. The van der Waals surface area contributed by atoms with Crippen LogP contribution < -0.4 is 5.73 Å². The minimum absolute atomic E-state index is 0.471. The molecule has 0 saturated carbocycles. The molecule has 2 aromatic heterocycles. The number of nitrogens with zero attached hydrogens (tertiary/aromatic N) is 3. The number of pyridine rings is 1. The van der Waals surface area contributed by atoms with E-state index in [1.165, 1.54) is 4.68 Å². The number of hydrogen-bond acceptors (Lipinski definition) is 5. The fourth-order valence-corrected chi connectivity index (χ4v) is 2.22. The zero-order valence-corrected chi connectivity index (χ0v) is 13.3. The topological polar surface area (TPSA) is 83.0 Å². The summed E-state index contributed by atoms with van der Waals surface area (Å²) in [5.74, 6) is 0.471. The first-order valence-electron chi connectivity index (χ1n) is 7.25. The molecule has 3 rings (SSSR count). The monoisotopic (exact) mass is 310 g/mol. The molecule has 0 bridgehead atoms. The van der Waals surface area contributed by atoms with Crippen molar-refractivity contribution in [3.05, 3.63) is 42.9 Å². The Morgan fingerprint density at radius 2 is 1.91 bits per heavy atom. The predicted molar refractivity (Wildman–Crippen MR) is 89.0 cm³/mol. The summed E-state index contributed by atoms with van der Waals surface area (Å²) >= 11 is 0. The van der Waals surface area contributed by atoms with E-state index in [0.717, 1.165) is 21.9 Å². The van der Waals surface area contributed by atoms with Gasteiger partial charge in [0.2, 0.25) is 0 Å². The molecule has 2 N–H and O–H groups in total. The zero-order valence-electron chi connectivity index (χ0n) is 13.3. The summed E-state index contributed by atoms with van der Waals surface area (Å²) in [6, 6.07) is 7.72. The van der Waals surface area contributed by atoms with E-state index in [2.05, 4.69) is 10.1 Å². The first-order valence-corrected chi connectivity index (χ1v) is 7.25. The SMILES string of the molecule is CC(C)(C)OC(=O)n1cc(-c2ccc3cnc(N)cc3c2)cn1. The standard InChI is InChI=1S/C17H18N4O2/c1-17(2,3)23-16(22)21-10-14(9-20-21)11-4-5-12-8-19-15(18)7-13(12)6-11/h4-10H,1-3H3,(H2,18,19). The molecule has 0 aliphatic carbocycles. The number of hydrogen-bond donors (Lipinski definition) is 1. The zero-order chi connectivity index (χ0) is 16.6. The second kappa shape index (κ2) is 5.39. The first kappa shape index (κ1) is 15.0. The summed E-state index contributed by atoms with van der Waals surface area (Å²) in [5, 5.41) is 6.07. The van der Waals surface area contributed by atoms with E-state index in [0.29, 0.717) is 5.82 Å². The lowest BCUT2D eigenvalue weighted by Gasteiger charge is -2.18. The number of fused-ring (bicyclic) bond motifs is 1. The minimum Gasteiger partial charge on any atom is -0.442 e. The van der Waals surface area contributed by atoms with Crippen LogP contribution in [0.4, 0.5) is 10.6 Å². The molecule has 0 amide bonds. The number of anilines is 1. The molecule has 0 saturated heterocycles. The maximum absolute atomic E-state index is 12.0. The second-order valence-corrected chi connectivity index (χ2v) is 6.33. The van der Waals surface area contributed by atoms with E-state index in [1.54, 1.807) is 18.6 Å². The van der Waals surface area contributed by atoms with E-state index in [9.17, 15) is 4.79 Å². The number of aromatic nitrogens is 3. The highest BCUT2D eigenvalue weighted by molar-refractivity contribution is 5.88. The summed E-state index contributed by atoms with van der Waals surface area (Å²) in [7, 11) is 0. The molecule has 0 atom stereocenters. The van der Waals surface area contributed by atoms with Crippen molar-refractivity contribution in [1.82, 2.24) is 14.8 Å². The van der Waals surface area contributed by atoms with Crippen molar-refractivity contribution in [1.29, 1.82) is 0 Å². The third kappa shape index (κ3) is 3.31. The van der Waals surface area contributed by atoms with Gasteiger partial charge in [-0.25, -0.2) is 9.78 Å². The predicted octanol–water partition coefficient (Wildman–Crippen LogP) is 3.46. The van der Waals surface area contributed by atoms with E-state index in [4.69, 9.17) is 10.5 Å². The Morgan fingerprint density at radius 1 is 1.13 bits per heavy atom.